The van der Waals surface area contributed by atoms with Crippen LogP contribution in [0.1, 0.15) is 32.3 Å². The predicted molar refractivity (Wildman–Crippen MR) is 81.9 cm³/mol. The van der Waals surface area contributed by atoms with E-state index >= 15 is 0 Å². The Morgan fingerprint density at radius 1 is 1.14 bits per heavy atom. The monoisotopic (exact) mass is 281 g/mol. The minimum absolute atomic E-state index is 0.551. The Bertz CT molecular complexity index is 760. The van der Waals surface area contributed by atoms with Crippen LogP contribution in [0.3, 0.4) is 0 Å². The smallest absolute Gasteiger partial charge is 0.159 e. The van der Waals surface area contributed by atoms with Gasteiger partial charge in [-0.3, -0.25) is 9.38 Å². The molecule has 0 aliphatic heterocycles. The molecular formula is C16H19N5. The number of nitrogens with zero attached hydrogens (tertiary/aromatic N) is 5. The van der Waals surface area contributed by atoms with E-state index in [1.54, 1.807) is 6.20 Å². The molecular weight excluding hydrogens is 262 g/mol. The van der Waals surface area contributed by atoms with E-state index in [1.165, 1.54) is 0 Å². The third-order valence-electron chi connectivity index (χ3n) is 3.39. The molecule has 0 unspecified atom stereocenters. The number of hydrogen-bond acceptors (Lipinski definition) is 4. The van der Waals surface area contributed by atoms with Gasteiger partial charge in [0.25, 0.3) is 0 Å². The molecule has 0 aromatic carbocycles. The van der Waals surface area contributed by atoms with E-state index in [0.717, 1.165) is 41.4 Å². The maximum atomic E-state index is 4.58. The van der Waals surface area contributed by atoms with E-state index in [2.05, 4.69) is 45.1 Å². The fourth-order valence-electron chi connectivity index (χ4n) is 2.41. The Morgan fingerprint density at radius 3 is 2.76 bits per heavy atom. The number of aryl methyl sites for hydroxylation is 1. The van der Waals surface area contributed by atoms with Crippen molar-refractivity contribution in [1.29, 1.82) is 0 Å². The lowest BCUT2D eigenvalue weighted by Crippen LogP contribution is -2.02. The summed E-state index contributed by atoms with van der Waals surface area (Å²) in [7, 11) is 0. The van der Waals surface area contributed by atoms with Crippen LogP contribution in [0.2, 0.25) is 0 Å². The maximum absolute atomic E-state index is 4.58. The number of imidazole rings is 1. The van der Waals surface area contributed by atoms with Crippen molar-refractivity contribution in [2.24, 2.45) is 5.92 Å². The van der Waals surface area contributed by atoms with Crippen molar-refractivity contribution in [3.63, 3.8) is 0 Å². The molecule has 0 saturated heterocycles. The van der Waals surface area contributed by atoms with Gasteiger partial charge in [0.15, 0.2) is 5.65 Å². The standard InChI is InChI=1S/C16H19N5/c1-4-15-18-6-5-12(20-15)14-10-19-16-13(9-11(2)3)17-7-8-21(14)16/h5-8,10-11H,4,9H2,1-3H3. The van der Waals surface area contributed by atoms with Gasteiger partial charge in [-0.15, -0.1) is 0 Å². The van der Waals surface area contributed by atoms with Crippen molar-refractivity contribution in [3.05, 3.63) is 42.4 Å². The molecule has 3 aromatic rings. The average Bonchev–Trinajstić information content (AvgIpc) is 2.92. The van der Waals surface area contributed by atoms with Crippen LogP contribution in [0.5, 0.6) is 0 Å². The van der Waals surface area contributed by atoms with Crippen molar-refractivity contribution in [1.82, 2.24) is 24.3 Å². The van der Waals surface area contributed by atoms with E-state index in [-0.39, 0.29) is 0 Å². The largest absolute Gasteiger partial charge is 0.295 e. The van der Waals surface area contributed by atoms with Crippen LogP contribution >= 0.6 is 0 Å². The van der Waals surface area contributed by atoms with Crippen LogP contribution in [0.4, 0.5) is 0 Å². The molecule has 0 saturated carbocycles. The van der Waals surface area contributed by atoms with Crippen LogP contribution in [0, 0.1) is 5.92 Å². The van der Waals surface area contributed by atoms with Gasteiger partial charge in [0.2, 0.25) is 0 Å². The summed E-state index contributed by atoms with van der Waals surface area (Å²) in [5.74, 6) is 1.40. The molecule has 5 nitrogen and oxygen atoms in total. The van der Waals surface area contributed by atoms with Crippen molar-refractivity contribution in [2.45, 2.75) is 33.6 Å². The SMILES string of the molecule is CCc1nccc(-c2cnc3c(CC(C)C)nccn23)n1. The Labute approximate surface area is 124 Å². The first-order valence-electron chi connectivity index (χ1n) is 7.32. The molecule has 0 amide bonds. The lowest BCUT2D eigenvalue weighted by atomic mass is 10.1. The van der Waals surface area contributed by atoms with Gasteiger partial charge in [-0.25, -0.2) is 15.0 Å². The quantitative estimate of drug-likeness (QED) is 0.737. The molecule has 3 heterocycles. The highest BCUT2D eigenvalue weighted by Crippen LogP contribution is 2.20. The van der Waals surface area contributed by atoms with Crippen molar-refractivity contribution in [2.75, 3.05) is 0 Å². The Kier molecular flexibility index (Phi) is 3.64. The lowest BCUT2D eigenvalue weighted by Gasteiger charge is -2.07. The zero-order valence-corrected chi connectivity index (χ0v) is 12.6. The van der Waals surface area contributed by atoms with E-state index in [9.17, 15) is 0 Å². The van der Waals surface area contributed by atoms with Crippen molar-refractivity contribution >= 4 is 5.65 Å². The van der Waals surface area contributed by atoms with Gasteiger partial charge in [0.1, 0.15) is 5.82 Å². The average molecular weight is 281 g/mol. The summed E-state index contributed by atoms with van der Waals surface area (Å²) in [4.78, 5) is 17.8. The third kappa shape index (κ3) is 2.63. The second kappa shape index (κ2) is 5.60. The van der Waals surface area contributed by atoms with Gasteiger partial charge in [-0.1, -0.05) is 20.8 Å². The topological polar surface area (TPSA) is 56.0 Å². The Hall–Kier alpha value is -2.30. The number of aromatic nitrogens is 5. The van der Waals surface area contributed by atoms with Crippen molar-refractivity contribution in [3.8, 4) is 11.4 Å². The first-order chi connectivity index (χ1) is 10.2. The molecule has 3 rings (SSSR count). The van der Waals surface area contributed by atoms with Crippen LogP contribution in [-0.4, -0.2) is 24.3 Å². The van der Waals surface area contributed by atoms with Gasteiger partial charge in [0.05, 0.1) is 23.3 Å². The summed E-state index contributed by atoms with van der Waals surface area (Å²) in [5.41, 5.74) is 3.83. The minimum Gasteiger partial charge on any atom is -0.295 e. The molecule has 108 valence electrons. The third-order valence-corrected chi connectivity index (χ3v) is 3.39. The molecule has 0 bridgehead atoms. The second-order valence-corrected chi connectivity index (χ2v) is 5.52. The van der Waals surface area contributed by atoms with Gasteiger partial charge in [-0.2, -0.15) is 0 Å². The first kappa shape index (κ1) is 13.7. The van der Waals surface area contributed by atoms with E-state index < -0.39 is 0 Å². The van der Waals surface area contributed by atoms with E-state index in [0.29, 0.717) is 5.92 Å². The minimum atomic E-state index is 0.551. The van der Waals surface area contributed by atoms with E-state index in [1.807, 2.05) is 24.7 Å². The molecule has 0 radical (unpaired) electrons. The highest BCUT2D eigenvalue weighted by atomic mass is 15.0. The molecule has 0 aliphatic carbocycles. The molecule has 0 fully saturated rings. The predicted octanol–water partition coefficient (Wildman–Crippen LogP) is 2.95. The van der Waals surface area contributed by atoms with Gasteiger partial charge >= 0.3 is 0 Å². The zero-order valence-electron chi connectivity index (χ0n) is 12.6. The van der Waals surface area contributed by atoms with Gasteiger partial charge in [0, 0.05) is 25.0 Å². The summed E-state index contributed by atoms with van der Waals surface area (Å²) in [6.45, 7) is 6.43. The summed E-state index contributed by atoms with van der Waals surface area (Å²) >= 11 is 0. The number of rotatable bonds is 4. The second-order valence-electron chi connectivity index (χ2n) is 5.52. The highest BCUT2D eigenvalue weighted by Gasteiger charge is 2.12. The molecule has 5 heteroatoms. The Morgan fingerprint density at radius 2 is 2.00 bits per heavy atom. The van der Waals surface area contributed by atoms with Crippen molar-refractivity contribution < 1.29 is 0 Å². The fraction of sp³-hybridized carbons (Fsp3) is 0.375. The summed E-state index contributed by atoms with van der Waals surface area (Å²) in [6, 6.07) is 1.92. The first-order valence-corrected chi connectivity index (χ1v) is 7.32. The Balaban J connectivity index is 2.12. The normalized spacial score (nSPS) is 11.4. The molecule has 21 heavy (non-hydrogen) atoms. The molecule has 3 aromatic heterocycles. The maximum Gasteiger partial charge on any atom is 0.159 e. The van der Waals surface area contributed by atoms with Gasteiger partial charge < -0.3 is 0 Å². The number of hydrogen-bond donors (Lipinski definition) is 0. The molecule has 0 atom stereocenters. The fourth-order valence-corrected chi connectivity index (χ4v) is 2.41. The molecule has 0 aliphatic rings. The number of fused-ring (bicyclic) bond motifs is 1. The van der Waals surface area contributed by atoms with Crippen LogP contribution in [-0.2, 0) is 12.8 Å². The molecule has 0 N–H and O–H groups in total. The summed E-state index contributed by atoms with van der Waals surface area (Å²) in [5, 5.41) is 0. The summed E-state index contributed by atoms with van der Waals surface area (Å²) in [6.07, 6.45) is 9.18. The van der Waals surface area contributed by atoms with Crippen LogP contribution in [0.25, 0.3) is 17.0 Å². The van der Waals surface area contributed by atoms with Crippen LogP contribution in [0.15, 0.2) is 30.9 Å². The zero-order chi connectivity index (χ0) is 14.8. The molecule has 0 spiro atoms. The van der Waals surface area contributed by atoms with Crippen LogP contribution < -0.4 is 0 Å². The highest BCUT2D eigenvalue weighted by molar-refractivity contribution is 5.61. The summed E-state index contributed by atoms with van der Waals surface area (Å²) < 4.78 is 2.06. The lowest BCUT2D eigenvalue weighted by molar-refractivity contribution is 0.635. The van der Waals surface area contributed by atoms with E-state index in [4.69, 9.17) is 0 Å². The van der Waals surface area contributed by atoms with Gasteiger partial charge in [-0.05, 0) is 18.4 Å².